The first-order valence-electron chi connectivity index (χ1n) is 5.60. The number of rotatable bonds is 6. The Morgan fingerprint density at radius 1 is 1.50 bits per heavy atom. The highest BCUT2D eigenvalue weighted by atomic mass is 32.1. The Morgan fingerprint density at radius 2 is 2.33 bits per heavy atom. The van der Waals surface area contributed by atoms with Crippen LogP contribution in [0.15, 0.2) is 18.5 Å². The lowest BCUT2D eigenvalue weighted by Gasteiger charge is -2.04. The van der Waals surface area contributed by atoms with Gasteiger partial charge in [-0.3, -0.25) is 0 Å². The van der Waals surface area contributed by atoms with Crippen LogP contribution < -0.4 is 5.32 Å². The van der Waals surface area contributed by atoms with Gasteiger partial charge in [0.25, 0.3) is 0 Å². The molecule has 2 N–H and O–H groups in total. The third kappa shape index (κ3) is 2.93. The van der Waals surface area contributed by atoms with E-state index in [1.165, 1.54) is 11.3 Å². The number of nitrogens with zero attached hydrogens (tertiary/aromatic N) is 3. The number of nitrogens with one attached hydrogen (secondary N) is 1. The lowest BCUT2D eigenvalue weighted by Crippen LogP contribution is -2.15. The minimum absolute atomic E-state index is 0.364. The fourth-order valence-electron chi connectivity index (χ4n) is 1.57. The number of hydrogen-bond donors (Lipinski definition) is 2. The fourth-order valence-corrected chi connectivity index (χ4v) is 2.38. The predicted octanol–water partition coefficient (Wildman–Crippen LogP) is 1.35. The van der Waals surface area contributed by atoms with Crippen molar-refractivity contribution in [2.24, 2.45) is 0 Å². The van der Waals surface area contributed by atoms with Gasteiger partial charge in [-0.15, -0.1) is 21.5 Å². The van der Waals surface area contributed by atoms with Gasteiger partial charge in [-0.05, 0) is 19.1 Å². The molecule has 0 aromatic carbocycles. The van der Waals surface area contributed by atoms with Gasteiger partial charge in [0.2, 0.25) is 0 Å². The van der Waals surface area contributed by atoms with Gasteiger partial charge in [-0.2, -0.15) is 0 Å². The molecule has 0 saturated heterocycles. The number of thiophene rings is 1. The Labute approximate surface area is 108 Å². The number of carboxylic acids is 1. The zero-order valence-electron chi connectivity index (χ0n) is 9.96. The summed E-state index contributed by atoms with van der Waals surface area (Å²) in [5.74, 6) is 0.00416. The van der Waals surface area contributed by atoms with Crippen molar-refractivity contribution in [2.75, 3.05) is 0 Å². The number of aromatic nitrogens is 3. The maximum absolute atomic E-state index is 10.7. The summed E-state index contributed by atoms with van der Waals surface area (Å²) in [6.07, 6.45) is 1.70. The molecule has 0 aliphatic rings. The van der Waals surface area contributed by atoms with Crippen LogP contribution in [0.25, 0.3) is 0 Å². The van der Waals surface area contributed by atoms with Gasteiger partial charge in [-0.1, -0.05) is 0 Å². The van der Waals surface area contributed by atoms with Gasteiger partial charge in [0.15, 0.2) is 0 Å². The van der Waals surface area contributed by atoms with E-state index in [-0.39, 0.29) is 0 Å². The van der Waals surface area contributed by atoms with Crippen molar-refractivity contribution in [1.29, 1.82) is 0 Å². The quantitative estimate of drug-likeness (QED) is 0.825. The summed E-state index contributed by atoms with van der Waals surface area (Å²) >= 11 is 1.28. The molecule has 18 heavy (non-hydrogen) atoms. The highest BCUT2D eigenvalue weighted by molar-refractivity contribution is 7.13. The highest BCUT2D eigenvalue weighted by Gasteiger charge is 2.07. The topological polar surface area (TPSA) is 80.0 Å². The first kappa shape index (κ1) is 12.7. The van der Waals surface area contributed by atoms with E-state index >= 15 is 0 Å². The first-order chi connectivity index (χ1) is 8.70. The molecular formula is C11H14N4O2S. The van der Waals surface area contributed by atoms with E-state index in [0.717, 1.165) is 17.2 Å². The second-order valence-electron chi connectivity index (χ2n) is 3.71. The summed E-state index contributed by atoms with van der Waals surface area (Å²) in [7, 11) is 0. The van der Waals surface area contributed by atoms with Crippen LogP contribution in [0, 0.1) is 0 Å². The largest absolute Gasteiger partial charge is 0.477 e. The molecule has 7 heteroatoms. The summed E-state index contributed by atoms with van der Waals surface area (Å²) in [6, 6.07) is 3.45. The number of aromatic carboxylic acids is 1. The smallest absolute Gasteiger partial charge is 0.345 e. The lowest BCUT2D eigenvalue weighted by atomic mass is 10.4. The van der Waals surface area contributed by atoms with Crippen LogP contribution in [-0.4, -0.2) is 25.8 Å². The van der Waals surface area contributed by atoms with Crippen LogP contribution in [-0.2, 0) is 19.6 Å². The van der Waals surface area contributed by atoms with Crippen LogP contribution in [0.1, 0.15) is 27.3 Å². The number of aryl methyl sites for hydroxylation is 1. The predicted molar refractivity (Wildman–Crippen MR) is 67.5 cm³/mol. The first-order valence-corrected chi connectivity index (χ1v) is 6.41. The number of hydrogen-bond acceptors (Lipinski definition) is 5. The van der Waals surface area contributed by atoms with Gasteiger partial charge in [0, 0.05) is 18.0 Å². The second kappa shape index (κ2) is 5.74. The lowest BCUT2D eigenvalue weighted by molar-refractivity contribution is 0.0702. The Morgan fingerprint density at radius 3 is 3.00 bits per heavy atom. The zero-order valence-corrected chi connectivity index (χ0v) is 10.8. The highest BCUT2D eigenvalue weighted by Crippen LogP contribution is 2.16. The molecule has 2 rings (SSSR count). The minimum Gasteiger partial charge on any atom is -0.477 e. The van der Waals surface area contributed by atoms with Crippen LogP contribution in [0.4, 0.5) is 0 Å². The summed E-state index contributed by atoms with van der Waals surface area (Å²) in [4.78, 5) is 12.1. The third-order valence-corrected chi connectivity index (χ3v) is 3.56. The Hall–Kier alpha value is -1.73. The molecule has 0 spiro atoms. The zero-order chi connectivity index (χ0) is 13.0. The van der Waals surface area contributed by atoms with Crippen molar-refractivity contribution >= 4 is 17.3 Å². The Kier molecular flexibility index (Phi) is 4.06. The third-order valence-electron chi connectivity index (χ3n) is 2.49. The van der Waals surface area contributed by atoms with Gasteiger partial charge < -0.3 is 15.0 Å². The molecule has 0 fully saturated rings. The average molecular weight is 266 g/mol. The van der Waals surface area contributed by atoms with Crippen LogP contribution >= 0.6 is 11.3 Å². The van der Waals surface area contributed by atoms with Crippen LogP contribution in [0.5, 0.6) is 0 Å². The van der Waals surface area contributed by atoms with Gasteiger partial charge >= 0.3 is 5.97 Å². The fraction of sp³-hybridized carbons (Fsp3) is 0.364. The maximum Gasteiger partial charge on any atom is 0.345 e. The van der Waals surface area contributed by atoms with Crippen molar-refractivity contribution in [3.63, 3.8) is 0 Å². The van der Waals surface area contributed by atoms with Gasteiger partial charge in [0.05, 0.1) is 6.54 Å². The summed E-state index contributed by atoms with van der Waals surface area (Å²) in [5, 5.41) is 19.9. The molecule has 2 aromatic heterocycles. The molecule has 0 atom stereocenters. The molecule has 2 heterocycles. The minimum atomic E-state index is -0.878. The molecule has 0 radical (unpaired) electrons. The normalized spacial score (nSPS) is 10.7. The van der Waals surface area contributed by atoms with Gasteiger partial charge in [-0.25, -0.2) is 4.79 Å². The Bertz CT molecular complexity index is 535. The molecular weight excluding hydrogens is 252 g/mol. The molecule has 96 valence electrons. The summed E-state index contributed by atoms with van der Waals surface area (Å²) < 4.78 is 1.96. The molecule has 0 amide bonds. The van der Waals surface area contributed by atoms with Gasteiger partial charge in [0.1, 0.15) is 17.0 Å². The van der Waals surface area contributed by atoms with E-state index < -0.39 is 5.97 Å². The van der Waals surface area contributed by atoms with E-state index in [4.69, 9.17) is 5.11 Å². The van der Waals surface area contributed by atoms with Crippen molar-refractivity contribution in [2.45, 2.75) is 26.6 Å². The van der Waals surface area contributed by atoms with E-state index in [1.54, 1.807) is 12.4 Å². The standard InChI is InChI=1S/C11H14N4O2S/c1-2-15-7-13-14-10(15)6-12-5-8-3-4-9(18-8)11(16)17/h3-4,7,12H,2,5-6H2,1H3,(H,16,17). The maximum atomic E-state index is 10.7. The van der Waals surface area contributed by atoms with E-state index in [9.17, 15) is 4.79 Å². The van der Waals surface area contributed by atoms with Crippen molar-refractivity contribution in [3.05, 3.63) is 34.0 Å². The van der Waals surface area contributed by atoms with Crippen molar-refractivity contribution in [1.82, 2.24) is 20.1 Å². The second-order valence-corrected chi connectivity index (χ2v) is 4.88. The average Bonchev–Trinajstić information content (AvgIpc) is 2.97. The molecule has 0 bridgehead atoms. The van der Waals surface area contributed by atoms with E-state index in [1.807, 2.05) is 17.6 Å². The molecule has 0 unspecified atom stereocenters. The SMILES string of the molecule is CCn1cnnc1CNCc1ccc(C(=O)O)s1. The number of carboxylic acid groups (broad SMARTS) is 1. The summed E-state index contributed by atoms with van der Waals surface area (Å²) in [5.41, 5.74) is 0. The molecule has 0 saturated carbocycles. The molecule has 0 aliphatic carbocycles. The van der Waals surface area contributed by atoms with E-state index in [0.29, 0.717) is 18.0 Å². The van der Waals surface area contributed by atoms with E-state index in [2.05, 4.69) is 15.5 Å². The number of carbonyl (C=O) groups is 1. The van der Waals surface area contributed by atoms with Crippen molar-refractivity contribution < 1.29 is 9.90 Å². The monoisotopic (exact) mass is 266 g/mol. The van der Waals surface area contributed by atoms with Crippen molar-refractivity contribution in [3.8, 4) is 0 Å². The van der Waals surface area contributed by atoms with Crippen LogP contribution in [0.2, 0.25) is 0 Å². The Balaban J connectivity index is 1.86. The van der Waals surface area contributed by atoms with Crippen LogP contribution in [0.3, 0.4) is 0 Å². The molecule has 2 aromatic rings. The summed E-state index contributed by atoms with van der Waals surface area (Å²) in [6.45, 7) is 4.13. The molecule has 0 aliphatic heterocycles. The molecule has 6 nitrogen and oxygen atoms in total.